The zero-order valence-electron chi connectivity index (χ0n) is 17.3. The van der Waals surface area contributed by atoms with Crippen LogP contribution in [-0.2, 0) is 17.6 Å². The summed E-state index contributed by atoms with van der Waals surface area (Å²) in [6, 6.07) is 8.88. The fourth-order valence-electron chi connectivity index (χ4n) is 4.27. The van der Waals surface area contributed by atoms with Crippen LogP contribution in [0, 0.1) is 21.4 Å². The van der Waals surface area contributed by atoms with Crippen LogP contribution >= 0.6 is 11.3 Å². The normalized spacial score (nSPS) is 16.8. The fourth-order valence-corrected chi connectivity index (χ4v) is 5.52. The number of amides is 1. The summed E-state index contributed by atoms with van der Waals surface area (Å²) in [6.07, 6.45) is 5.36. The molecule has 1 fully saturated rings. The standard InChI is InChI=1S/C22H25N5O3S/c23-14-19-18-4-2-1-3-5-20(18)31-22(19)24-21(28)15-25-10-12-26(13-11-25)16-6-8-17(9-7-16)27(29)30/h6-9H,1-5,10-13,15H2,(H,24,28). The number of nitro benzene ring substituents is 1. The lowest BCUT2D eigenvalue weighted by Gasteiger charge is -2.35. The van der Waals surface area contributed by atoms with Crippen LogP contribution in [0.15, 0.2) is 24.3 Å². The summed E-state index contributed by atoms with van der Waals surface area (Å²) in [6.45, 7) is 3.26. The van der Waals surface area contributed by atoms with Gasteiger partial charge in [-0.2, -0.15) is 5.26 Å². The Kier molecular flexibility index (Phi) is 6.49. The molecule has 1 aromatic carbocycles. The van der Waals surface area contributed by atoms with Gasteiger partial charge in [0.25, 0.3) is 5.69 Å². The predicted molar refractivity (Wildman–Crippen MR) is 121 cm³/mol. The number of hydrogen-bond donors (Lipinski definition) is 1. The van der Waals surface area contributed by atoms with Crippen LogP contribution in [0.1, 0.15) is 35.3 Å². The molecule has 8 nitrogen and oxygen atoms in total. The van der Waals surface area contributed by atoms with Crippen LogP contribution in [0.3, 0.4) is 0 Å². The average Bonchev–Trinajstić information content (AvgIpc) is 2.93. The zero-order chi connectivity index (χ0) is 21.8. The molecule has 2 heterocycles. The number of nitriles is 1. The van der Waals surface area contributed by atoms with Crippen molar-refractivity contribution in [2.75, 3.05) is 42.9 Å². The lowest BCUT2D eigenvalue weighted by molar-refractivity contribution is -0.384. The zero-order valence-corrected chi connectivity index (χ0v) is 18.1. The quantitative estimate of drug-likeness (QED) is 0.434. The molecule has 0 spiro atoms. The summed E-state index contributed by atoms with van der Waals surface area (Å²) in [7, 11) is 0. The Bertz CT molecular complexity index is 1000. The van der Waals surface area contributed by atoms with Crippen molar-refractivity contribution in [3.05, 3.63) is 50.4 Å². The van der Waals surface area contributed by atoms with Crippen molar-refractivity contribution in [1.82, 2.24) is 4.90 Å². The van der Waals surface area contributed by atoms with Crippen LogP contribution in [0.2, 0.25) is 0 Å². The van der Waals surface area contributed by atoms with Crippen molar-refractivity contribution in [3.63, 3.8) is 0 Å². The number of nitrogens with zero attached hydrogens (tertiary/aromatic N) is 4. The molecule has 9 heteroatoms. The molecule has 31 heavy (non-hydrogen) atoms. The van der Waals surface area contributed by atoms with E-state index in [1.807, 2.05) is 0 Å². The third-order valence-electron chi connectivity index (χ3n) is 5.95. The van der Waals surface area contributed by atoms with Crippen LogP contribution in [-0.4, -0.2) is 48.5 Å². The van der Waals surface area contributed by atoms with Gasteiger partial charge in [-0.3, -0.25) is 19.8 Å². The molecule has 1 aliphatic heterocycles. The van der Waals surface area contributed by atoms with Crippen molar-refractivity contribution in [1.29, 1.82) is 5.26 Å². The molecule has 0 saturated carbocycles. The highest BCUT2D eigenvalue weighted by molar-refractivity contribution is 7.16. The van der Waals surface area contributed by atoms with E-state index in [9.17, 15) is 20.2 Å². The van der Waals surface area contributed by atoms with Gasteiger partial charge in [0.05, 0.1) is 17.0 Å². The Morgan fingerprint density at radius 3 is 2.52 bits per heavy atom. The summed E-state index contributed by atoms with van der Waals surface area (Å²) >= 11 is 1.56. The monoisotopic (exact) mass is 439 g/mol. The molecule has 1 aliphatic carbocycles. The Hall–Kier alpha value is -2.96. The predicted octanol–water partition coefficient (Wildman–Crippen LogP) is 3.56. The van der Waals surface area contributed by atoms with E-state index in [1.165, 1.54) is 23.4 Å². The molecule has 162 valence electrons. The van der Waals surface area contributed by atoms with Crippen LogP contribution in [0.5, 0.6) is 0 Å². The minimum Gasteiger partial charge on any atom is -0.369 e. The van der Waals surface area contributed by atoms with Crippen molar-refractivity contribution in [2.24, 2.45) is 0 Å². The molecular weight excluding hydrogens is 414 g/mol. The topological polar surface area (TPSA) is 103 Å². The first-order valence-electron chi connectivity index (χ1n) is 10.6. The Labute approximate surface area is 185 Å². The SMILES string of the molecule is N#Cc1c(NC(=O)CN2CCN(c3ccc([N+](=O)[O-])cc3)CC2)sc2c1CCCCC2. The van der Waals surface area contributed by atoms with E-state index in [4.69, 9.17) is 0 Å². The fraction of sp³-hybridized carbons (Fsp3) is 0.455. The summed E-state index contributed by atoms with van der Waals surface area (Å²) in [5, 5.41) is 24.1. The molecule has 2 aromatic rings. The van der Waals surface area contributed by atoms with Crippen molar-refractivity contribution in [3.8, 4) is 6.07 Å². The largest absolute Gasteiger partial charge is 0.369 e. The van der Waals surface area contributed by atoms with Gasteiger partial charge in [-0.05, 0) is 43.4 Å². The first kappa shape index (κ1) is 21.3. The Morgan fingerprint density at radius 1 is 1.13 bits per heavy atom. The summed E-state index contributed by atoms with van der Waals surface area (Å²) in [4.78, 5) is 28.6. The van der Waals surface area contributed by atoms with Gasteiger partial charge in [0.1, 0.15) is 11.1 Å². The number of aryl methyl sites for hydroxylation is 1. The lowest BCUT2D eigenvalue weighted by Crippen LogP contribution is -2.48. The minimum absolute atomic E-state index is 0.0849. The van der Waals surface area contributed by atoms with E-state index >= 15 is 0 Å². The van der Waals surface area contributed by atoms with Crippen LogP contribution < -0.4 is 10.2 Å². The van der Waals surface area contributed by atoms with Crippen molar-refractivity contribution in [2.45, 2.75) is 32.1 Å². The van der Waals surface area contributed by atoms with Gasteiger partial charge in [-0.15, -0.1) is 11.3 Å². The maximum atomic E-state index is 12.6. The second-order valence-corrected chi connectivity index (χ2v) is 9.07. The number of carbonyl (C=O) groups is 1. The number of thiophene rings is 1. The second kappa shape index (κ2) is 9.45. The van der Waals surface area contributed by atoms with Gasteiger partial charge < -0.3 is 10.2 Å². The lowest BCUT2D eigenvalue weighted by atomic mass is 10.1. The summed E-state index contributed by atoms with van der Waals surface area (Å²) in [5.41, 5.74) is 2.82. The van der Waals surface area contributed by atoms with Crippen LogP contribution in [0.4, 0.5) is 16.4 Å². The van der Waals surface area contributed by atoms with Gasteiger partial charge in [-0.1, -0.05) is 6.42 Å². The molecule has 0 radical (unpaired) electrons. The maximum absolute atomic E-state index is 12.6. The van der Waals surface area contributed by atoms with Gasteiger partial charge >= 0.3 is 0 Å². The van der Waals surface area contributed by atoms with Gasteiger partial charge in [0.15, 0.2) is 0 Å². The number of non-ortho nitro benzene ring substituents is 1. The van der Waals surface area contributed by atoms with E-state index in [2.05, 4.69) is 21.2 Å². The van der Waals surface area contributed by atoms with Gasteiger partial charge in [0.2, 0.25) is 5.91 Å². The second-order valence-electron chi connectivity index (χ2n) is 7.97. The number of benzene rings is 1. The highest BCUT2D eigenvalue weighted by atomic mass is 32.1. The molecule has 2 aliphatic rings. The molecule has 1 N–H and O–H groups in total. The van der Waals surface area contributed by atoms with E-state index < -0.39 is 4.92 Å². The minimum atomic E-state index is -0.399. The van der Waals surface area contributed by atoms with Gasteiger partial charge in [-0.25, -0.2) is 0 Å². The maximum Gasteiger partial charge on any atom is 0.269 e. The highest BCUT2D eigenvalue weighted by Gasteiger charge is 2.23. The number of carbonyl (C=O) groups excluding carboxylic acids is 1. The smallest absolute Gasteiger partial charge is 0.269 e. The average molecular weight is 440 g/mol. The summed E-state index contributed by atoms with van der Waals surface area (Å²) in [5.74, 6) is -0.0864. The van der Waals surface area contributed by atoms with E-state index in [0.29, 0.717) is 17.1 Å². The van der Waals surface area contributed by atoms with Crippen molar-refractivity contribution < 1.29 is 9.72 Å². The number of fused-ring (bicyclic) bond motifs is 1. The third-order valence-corrected chi connectivity index (χ3v) is 7.16. The molecule has 0 unspecified atom stereocenters. The van der Waals surface area contributed by atoms with E-state index in [-0.39, 0.29) is 11.6 Å². The molecule has 0 atom stereocenters. The van der Waals surface area contributed by atoms with E-state index in [0.717, 1.165) is 63.1 Å². The molecule has 4 rings (SSSR count). The molecule has 1 saturated heterocycles. The number of rotatable bonds is 5. The van der Waals surface area contributed by atoms with E-state index in [1.54, 1.807) is 23.5 Å². The number of hydrogen-bond acceptors (Lipinski definition) is 7. The van der Waals surface area contributed by atoms with Gasteiger partial charge in [0, 0.05) is 48.9 Å². The first-order valence-corrected chi connectivity index (χ1v) is 11.4. The van der Waals surface area contributed by atoms with Crippen LogP contribution in [0.25, 0.3) is 0 Å². The molecule has 0 bridgehead atoms. The number of anilines is 2. The highest BCUT2D eigenvalue weighted by Crippen LogP contribution is 2.37. The first-order chi connectivity index (χ1) is 15.0. The number of nitro groups is 1. The van der Waals surface area contributed by atoms with Crippen molar-refractivity contribution >= 4 is 33.6 Å². The Morgan fingerprint density at radius 2 is 1.84 bits per heavy atom. The molecule has 1 aromatic heterocycles. The number of nitrogens with one attached hydrogen (secondary N) is 1. The third kappa shape index (κ3) is 4.86. The molecular formula is C22H25N5O3S. The summed E-state index contributed by atoms with van der Waals surface area (Å²) < 4.78 is 0. The molecule has 1 amide bonds. The number of piperazine rings is 1. The Balaban J connectivity index is 1.32.